The number of carbonyl (C=O) groups is 2. The Hall–Kier alpha value is -0.714. The van der Waals surface area contributed by atoms with E-state index in [9.17, 15) is 9.59 Å². The van der Waals surface area contributed by atoms with Crippen molar-refractivity contribution in [1.82, 2.24) is 0 Å². The first-order chi connectivity index (χ1) is 6.25. The van der Waals surface area contributed by atoms with Gasteiger partial charge >= 0.3 is 28.7 Å². The van der Waals surface area contributed by atoms with Gasteiger partial charge in [-0.3, -0.25) is 0 Å². The summed E-state index contributed by atoms with van der Waals surface area (Å²) in [6.07, 6.45) is 0.778. The van der Waals surface area contributed by atoms with Gasteiger partial charge in [-0.2, -0.15) is 0 Å². The second-order valence-corrected chi connectivity index (χ2v) is 4.04. The van der Waals surface area contributed by atoms with E-state index in [1.54, 1.807) is 0 Å². The quantitative estimate of drug-likeness (QED) is 0.708. The molecule has 0 amide bonds. The van der Waals surface area contributed by atoms with E-state index < -0.39 is 11.9 Å². The van der Waals surface area contributed by atoms with Gasteiger partial charge in [-0.1, -0.05) is 27.7 Å². The SMILES string of the molecule is CC(C)CC(=O)[OH2+].CC(C)CC(=O)[OH2+].[Co+3].[NH2-].[NH2-].[NH2-].[NH2-]. The molecule has 0 aromatic carbocycles. The van der Waals surface area contributed by atoms with E-state index in [1.165, 1.54) is 0 Å². The largest absolute Gasteiger partial charge is 3.00 e. The number of hydrogen-bond donors (Lipinski definition) is 0. The third kappa shape index (κ3) is 76.1. The molecule has 0 heterocycles. The molecule has 0 aliphatic heterocycles. The van der Waals surface area contributed by atoms with Crippen molar-refractivity contribution >= 4 is 11.9 Å². The fourth-order valence-electron chi connectivity index (χ4n) is 0.742. The fraction of sp³-hybridized carbons (Fsp3) is 0.800. The van der Waals surface area contributed by atoms with Gasteiger partial charge in [0, 0.05) is 9.59 Å². The maximum Gasteiger partial charge on any atom is 3.00 e. The van der Waals surface area contributed by atoms with E-state index >= 15 is 0 Å². The molecule has 0 atom stereocenters. The second kappa shape index (κ2) is 26.0. The first kappa shape index (κ1) is 42.9. The summed E-state index contributed by atoms with van der Waals surface area (Å²) in [6, 6.07) is 0. The fourth-order valence-corrected chi connectivity index (χ4v) is 0.742. The first-order valence-electron chi connectivity index (χ1n) is 4.74. The van der Waals surface area contributed by atoms with E-state index in [-0.39, 0.29) is 41.4 Å². The van der Waals surface area contributed by atoms with Gasteiger partial charge in [0.1, 0.15) is 12.8 Å². The van der Waals surface area contributed by atoms with Crippen LogP contribution in [0.5, 0.6) is 0 Å². The van der Waals surface area contributed by atoms with Gasteiger partial charge in [-0.25, -0.2) is 0 Å². The molecule has 0 spiro atoms. The van der Waals surface area contributed by atoms with Crippen molar-refractivity contribution in [3.05, 3.63) is 24.6 Å². The summed E-state index contributed by atoms with van der Waals surface area (Å²) < 4.78 is 0. The molecule has 0 unspecified atom stereocenters. The molecule has 9 heteroatoms. The summed E-state index contributed by atoms with van der Waals surface area (Å²) >= 11 is 0. The van der Waals surface area contributed by atoms with Crippen LogP contribution in [0.3, 0.4) is 0 Å². The Morgan fingerprint density at radius 1 is 0.737 bits per heavy atom. The van der Waals surface area contributed by atoms with Crippen molar-refractivity contribution in [3.63, 3.8) is 0 Å². The molecular weight excluding hydrogens is 299 g/mol. The standard InChI is InChI=1S/2C5H10O2.Co.4H2N/c2*1-4(2)3-5(6)7;;;;;/h2*4H,3H2,1-2H3,(H,6,7);;4*1H2/q;;+3;4*-1/p+2. The van der Waals surface area contributed by atoms with E-state index in [1.807, 2.05) is 27.7 Å². The summed E-state index contributed by atoms with van der Waals surface area (Å²) in [5.74, 6) is -0.250. The molecule has 0 bridgehead atoms. The average molecular weight is 329 g/mol. The number of nitrogens with two attached hydrogens (primary N) is 4. The molecule has 0 aromatic rings. The number of rotatable bonds is 4. The predicted octanol–water partition coefficient (Wildman–Crippen LogP) is 3.43. The Kier molecular flexibility index (Phi) is 58.6. The van der Waals surface area contributed by atoms with Crippen LogP contribution < -0.4 is 0 Å². The van der Waals surface area contributed by atoms with Crippen molar-refractivity contribution in [3.8, 4) is 0 Å². The van der Waals surface area contributed by atoms with Crippen LogP contribution in [-0.2, 0) is 26.4 Å². The maximum atomic E-state index is 9.92. The average Bonchev–Trinajstić information content (AvgIpc) is 1.79. The van der Waals surface area contributed by atoms with Crippen LogP contribution in [0, 0.1) is 11.8 Å². The second-order valence-electron chi connectivity index (χ2n) is 4.04. The summed E-state index contributed by atoms with van der Waals surface area (Å²) in [5.41, 5.74) is 0. The predicted molar refractivity (Wildman–Crippen MR) is 77.3 cm³/mol. The minimum Gasteiger partial charge on any atom is -0.693 e. The number of carbonyl (C=O) groups excluding carboxylic acids is 2. The molecular formula is C10H30CoN4O4+. The van der Waals surface area contributed by atoms with Crippen molar-refractivity contribution in [2.75, 3.05) is 0 Å². The minimum absolute atomic E-state index is 0. The van der Waals surface area contributed by atoms with Crippen LogP contribution in [0.1, 0.15) is 40.5 Å². The smallest absolute Gasteiger partial charge is 0.693 e. The zero-order valence-corrected chi connectivity index (χ0v) is 13.1. The molecule has 19 heavy (non-hydrogen) atoms. The Bertz CT molecular complexity index is 172. The summed E-state index contributed by atoms with van der Waals surface area (Å²) in [5, 5.41) is 12.9. The summed E-state index contributed by atoms with van der Waals surface area (Å²) in [4.78, 5) is 19.8. The van der Waals surface area contributed by atoms with Gasteiger partial charge in [0.2, 0.25) is 0 Å². The molecule has 0 aliphatic rings. The van der Waals surface area contributed by atoms with E-state index in [2.05, 4.69) is 0 Å². The van der Waals surface area contributed by atoms with Crippen LogP contribution in [0.4, 0.5) is 0 Å². The van der Waals surface area contributed by atoms with Gasteiger partial charge in [-0.15, -0.1) is 0 Å². The zero-order chi connectivity index (χ0) is 11.7. The van der Waals surface area contributed by atoms with E-state index in [0.717, 1.165) is 0 Å². The van der Waals surface area contributed by atoms with Crippen molar-refractivity contribution in [2.45, 2.75) is 40.5 Å². The van der Waals surface area contributed by atoms with E-state index in [4.69, 9.17) is 10.2 Å². The van der Waals surface area contributed by atoms with Crippen LogP contribution in [0.2, 0.25) is 0 Å². The molecule has 0 saturated carbocycles. The minimum atomic E-state index is -0.463. The monoisotopic (exact) mass is 329 g/mol. The Balaban J connectivity index is -0.0000000240. The molecule has 12 N–H and O–H groups in total. The third-order valence-corrected chi connectivity index (χ3v) is 1.19. The Labute approximate surface area is 126 Å². The van der Waals surface area contributed by atoms with Crippen LogP contribution in [0.15, 0.2) is 0 Å². The molecule has 8 nitrogen and oxygen atoms in total. The molecule has 0 rings (SSSR count). The van der Waals surface area contributed by atoms with Crippen molar-refractivity contribution < 1.29 is 36.6 Å². The Morgan fingerprint density at radius 2 is 0.895 bits per heavy atom. The Morgan fingerprint density at radius 3 is 0.895 bits per heavy atom. The van der Waals surface area contributed by atoms with Crippen LogP contribution in [-0.4, -0.2) is 22.2 Å². The molecule has 122 valence electrons. The summed E-state index contributed by atoms with van der Waals surface area (Å²) in [6.45, 7) is 7.69. The van der Waals surface area contributed by atoms with Gasteiger partial charge in [0.25, 0.3) is 0 Å². The zero-order valence-electron chi connectivity index (χ0n) is 12.0. The third-order valence-electron chi connectivity index (χ3n) is 1.19. The molecule has 0 aliphatic carbocycles. The molecule has 0 radical (unpaired) electrons. The van der Waals surface area contributed by atoms with Crippen molar-refractivity contribution in [2.24, 2.45) is 11.8 Å². The normalized spacial score (nSPS) is 7.05. The number of hydrogen-bond acceptors (Lipinski definition) is 2. The molecule has 0 fully saturated rings. The van der Waals surface area contributed by atoms with Gasteiger partial charge in [0.15, 0.2) is 0 Å². The van der Waals surface area contributed by atoms with Gasteiger partial charge in [0.05, 0.1) is 0 Å². The van der Waals surface area contributed by atoms with Crippen LogP contribution >= 0.6 is 0 Å². The van der Waals surface area contributed by atoms with Gasteiger partial charge in [-0.05, 0) is 11.8 Å². The first-order valence-corrected chi connectivity index (χ1v) is 4.74. The topological polar surface area (TPSA) is 214 Å². The van der Waals surface area contributed by atoms with Crippen molar-refractivity contribution in [1.29, 1.82) is 0 Å². The molecule has 0 aromatic heterocycles. The molecule has 0 saturated heterocycles. The van der Waals surface area contributed by atoms with Crippen LogP contribution in [0.25, 0.3) is 24.6 Å². The van der Waals surface area contributed by atoms with Gasteiger partial charge < -0.3 is 34.8 Å². The maximum absolute atomic E-state index is 9.92. The van der Waals surface area contributed by atoms with E-state index in [0.29, 0.717) is 24.7 Å². The summed E-state index contributed by atoms with van der Waals surface area (Å²) in [7, 11) is 0.